The maximum Gasteiger partial charge on any atom is 0.224 e. The summed E-state index contributed by atoms with van der Waals surface area (Å²) in [5.74, 6) is 0.633. The van der Waals surface area contributed by atoms with Crippen LogP contribution in [0.4, 0.5) is 0 Å². The number of benzene rings is 1. The second-order valence-electron chi connectivity index (χ2n) is 3.93. The van der Waals surface area contributed by atoms with Crippen molar-refractivity contribution in [1.82, 2.24) is 5.32 Å². The summed E-state index contributed by atoms with van der Waals surface area (Å²) >= 11 is 5.89. The molecule has 5 heteroatoms. The Hall–Kier alpha value is -1.26. The Morgan fingerprint density at radius 1 is 1.59 bits per heavy atom. The van der Waals surface area contributed by atoms with E-state index in [1.807, 2.05) is 0 Å². The minimum atomic E-state index is -0.0427. The topological polar surface area (TPSA) is 47.6 Å². The molecule has 0 aliphatic carbocycles. The summed E-state index contributed by atoms with van der Waals surface area (Å²) in [7, 11) is 1.57. The van der Waals surface area contributed by atoms with Crippen LogP contribution in [0.25, 0.3) is 0 Å². The molecule has 0 bridgehead atoms. The minimum Gasteiger partial charge on any atom is -0.496 e. The second-order valence-corrected chi connectivity index (χ2v) is 4.37. The van der Waals surface area contributed by atoms with Crippen molar-refractivity contribution in [3.8, 4) is 5.75 Å². The summed E-state index contributed by atoms with van der Waals surface area (Å²) in [5.41, 5.74) is 0.790. The summed E-state index contributed by atoms with van der Waals surface area (Å²) in [4.78, 5) is 11.7. The molecule has 1 amide bonds. The molecule has 0 saturated carbocycles. The van der Waals surface area contributed by atoms with Gasteiger partial charge in [0.05, 0.1) is 32.8 Å². The van der Waals surface area contributed by atoms with E-state index in [0.717, 1.165) is 5.56 Å². The Kier molecular flexibility index (Phi) is 3.86. The van der Waals surface area contributed by atoms with Crippen LogP contribution in [0.2, 0.25) is 5.02 Å². The van der Waals surface area contributed by atoms with Gasteiger partial charge in [-0.05, 0) is 18.2 Å². The van der Waals surface area contributed by atoms with Gasteiger partial charge in [-0.15, -0.1) is 0 Å². The summed E-state index contributed by atoms with van der Waals surface area (Å²) in [6, 6.07) is 5.39. The quantitative estimate of drug-likeness (QED) is 0.885. The zero-order valence-corrected chi connectivity index (χ0v) is 10.3. The lowest BCUT2D eigenvalue weighted by Gasteiger charge is -2.26. The Balaban J connectivity index is 2.00. The third-order valence-electron chi connectivity index (χ3n) is 2.60. The highest BCUT2D eigenvalue weighted by Gasteiger charge is 2.20. The minimum absolute atomic E-state index is 0.0427. The maximum absolute atomic E-state index is 11.7. The number of carbonyl (C=O) groups excluding carboxylic acids is 1. The van der Waals surface area contributed by atoms with Crippen molar-refractivity contribution in [3.05, 3.63) is 28.8 Å². The van der Waals surface area contributed by atoms with Gasteiger partial charge < -0.3 is 14.8 Å². The first kappa shape index (κ1) is 12.2. The third kappa shape index (κ3) is 3.11. The van der Waals surface area contributed by atoms with E-state index in [-0.39, 0.29) is 18.4 Å². The van der Waals surface area contributed by atoms with Crippen LogP contribution in [0.5, 0.6) is 5.75 Å². The van der Waals surface area contributed by atoms with Crippen molar-refractivity contribution < 1.29 is 14.3 Å². The van der Waals surface area contributed by atoms with Crippen LogP contribution in [0, 0.1) is 0 Å². The van der Waals surface area contributed by atoms with Crippen molar-refractivity contribution in [2.75, 3.05) is 20.3 Å². The Bertz CT molecular complexity index is 418. The van der Waals surface area contributed by atoms with Crippen molar-refractivity contribution in [1.29, 1.82) is 0 Å². The van der Waals surface area contributed by atoms with E-state index >= 15 is 0 Å². The summed E-state index contributed by atoms with van der Waals surface area (Å²) in [6.45, 7) is 1.19. The van der Waals surface area contributed by atoms with Gasteiger partial charge >= 0.3 is 0 Å². The molecule has 1 aliphatic heterocycles. The molecule has 0 aromatic heterocycles. The number of halogens is 1. The van der Waals surface area contributed by atoms with E-state index in [2.05, 4.69) is 5.32 Å². The highest BCUT2D eigenvalue weighted by atomic mass is 35.5. The molecule has 0 unspecified atom stereocenters. The second kappa shape index (κ2) is 5.38. The molecule has 1 aliphatic rings. The van der Waals surface area contributed by atoms with Crippen molar-refractivity contribution in [3.63, 3.8) is 0 Å². The number of carbonyl (C=O) groups is 1. The van der Waals surface area contributed by atoms with Crippen LogP contribution in [0.3, 0.4) is 0 Å². The zero-order valence-electron chi connectivity index (χ0n) is 9.53. The SMILES string of the molecule is COc1ccc(Cl)cc1CC(=O)NC1COC1. The van der Waals surface area contributed by atoms with E-state index in [1.165, 1.54) is 0 Å². The molecule has 1 N–H and O–H groups in total. The molecule has 4 nitrogen and oxygen atoms in total. The first-order chi connectivity index (χ1) is 8.19. The first-order valence-electron chi connectivity index (χ1n) is 5.38. The largest absolute Gasteiger partial charge is 0.496 e. The first-order valence-corrected chi connectivity index (χ1v) is 5.76. The molecule has 1 fully saturated rings. The van der Waals surface area contributed by atoms with Crippen LogP contribution < -0.4 is 10.1 Å². The molecule has 1 aromatic carbocycles. The fraction of sp³-hybridized carbons (Fsp3) is 0.417. The highest BCUT2D eigenvalue weighted by Crippen LogP contribution is 2.23. The highest BCUT2D eigenvalue weighted by molar-refractivity contribution is 6.30. The van der Waals surface area contributed by atoms with Gasteiger partial charge in [0.2, 0.25) is 5.91 Å². The van der Waals surface area contributed by atoms with E-state index in [9.17, 15) is 4.79 Å². The molecule has 1 aromatic rings. The summed E-state index contributed by atoms with van der Waals surface area (Å²) in [5, 5.41) is 3.47. The number of hydrogen-bond acceptors (Lipinski definition) is 3. The number of methoxy groups -OCH3 is 1. The number of hydrogen-bond donors (Lipinski definition) is 1. The average Bonchev–Trinajstić information content (AvgIpc) is 2.24. The number of nitrogens with one attached hydrogen (secondary N) is 1. The van der Waals surface area contributed by atoms with Gasteiger partial charge in [0.1, 0.15) is 5.75 Å². The fourth-order valence-electron chi connectivity index (χ4n) is 1.66. The van der Waals surface area contributed by atoms with Crippen molar-refractivity contribution in [2.24, 2.45) is 0 Å². The Morgan fingerprint density at radius 2 is 2.35 bits per heavy atom. The van der Waals surface area contributed by atoms with Gasteiger partial charge in [-0.25, -0.2) is 0 Å². The van der Waals surface area contributed by atoms with Gasteiger partial charge in [-0.1, -0.05) is 11.6 Å². The van der Waals surface area contributed by atoms with E-state index < -0.39 is 0 Å². The molecule has 0 atom stereocenters. The van der Waals surface area contributed by atoms with Crippen molar-refractivity contribution in [2.45, 2.75) is 12.5 Å². The third-order valence-corrected chi connectivity index (χ3v) is 2.83. The monoisotopic (exact) mass is 255 g/mol. The lowest BCUT2D eigenvalue weighted by Crippen LogP contribution is -2.49. The molecule has 2 rings (SSSR count). The van der Waals surface area contributed by atoms with Crippen LogP contribution in [0.1, 0.15) is 5.56 Å². The Labute approximate surface area is 105 Å². The van der Waals surface area contributed by atoms with Crippen LogP contribution in [0.15, 0.2) is 18.2 Å². The van der Waals surface area contributed by atoms with Gasteiger partial charge in [-0.2, -0.15) is 0 Å². The number of amides is 1. The van der Waals surface area contributed by atoms with E-state index in [1.54, 1.807) is 25.3 Å². The molecule has 1 saturated heterocycles. The fourth-order valence-corrected chi connectivity index (χ4v) is 1.85. The van der Waals surface area contributed by atoms with Crippen LogP contribution in [-0.4, -0.2) is 32.3 Å². The molecule has 92 valence electrons. The average molecular weight is 256 g/mol. The predicted octanol–water partition coefficient (Wildman–Crippen LogP) is 1.41. The van der Waals surface area contributed by atoms with Crippen LogP contribution in [-0.2, 0) is 16.0 Å². The van der Waals surface area contributed by atoms with Gasteiger partial charge in [0, 0.05) is 10.6 Å². The molecular weight excluding hydrogens is 242 g/mol. The lowest BCUT2D eigenvalue weighted by molar-refractivity contribution is -0.124. The molecular formula is C12H14ClNO3. The molecule has 0 radical (unpaired) electrons. The molecule has 0 spiro atoms. The number of ether oxygens (including phenoxy) is 2. The summed E-state index contributed by atoms with van der Waals surface area (Å²) < 4.78 is 10.2. The number of rotatable bonds is 4. The smallest absolute Gasteiger partial charge is 0.224 e. The molecule has 17 heavy (non-hydrogen) atoms. The maximum atomic E-state index is 11.7. The zero-order chi connectivity index (χ0) is 12.3. The predicted molar refractivity (Wildman–Crippen MR) is 64.5 cm³/mol. The van der Waals surface area contributed by atoms with Crippen molar-refractivity contribution >= 4 is 17.5 Å². The van der Waals surface area contributed by atoms with Gasteiger partial charge in [0.25, 0.3) is 0 Å². The van der Waals surface area contributed by atoms with Crippen LogP contribution >= 0.6 is 11.6 Å². The normalized spacial score (nSPS) is 15.2. The lowest BCUT2D eigenvalue weighted by atomic mass is 10.1. The molecule has 1 heterocycles. The van der Waals surface area contributed by atoms with E-state index in [0.29, 0.717) is 24.0 Å². The van der Waals surface area contributed by atoms with E-state index in [4.69, 9.17) is 21.1 Å². The summed E-state index contributed by atoms with van der Waals surface area (Å²) in [6.07, 6.45) is 0.264. The van der Waals surface area contributed by atoms with Gasteiger partial charge in [-0.3, -0.25) is 4.79 Å². The Morgan fingerprint density at radius 3 is 2.94 bits per heavy atom. The van der Waals surface area contributed by atoms with Gasteiger partial charge in [0.15, 0.2) is 0 Å². The standard InChI is InChI=1S/C12H14ClNO3/c1-16-11-3-2-9(13)4-8(11)5-12(15)14-10-6-17-7-10/h2-4,10H,5-7H2,1H3,(H,14,15).